The minimum atomic E-state index is -0.111. The van der Waals surface area contributed by atoms with Gasteiger partial charge in [0.25, 0.3) is 0 Å². The zero-order valence-corrected chi connectivity index (χ0v) is 11.1. The molecule has 3 aromatic rings. The van der Waals surface area contributed by atoms with Gasteiger partial charge in [0.1, 0.15) is 12.4 Å². The molecule has 0 saturated heterocycles. The lowest BCUT2D eigenvalue weighted by atomic mass is 10.2. The molecule has 2 aromatic carbocycles. The maximum atomic E-state index is 11.5. The van der Waals surface area contributed by atoms with E-state index in [1.807, 2.05) is 48.5 Å². The Balaban J connectivity index is 1.85. The van der Waals surface area contributed by atoms with E-state index >= 15 is 0 Å². The van der Waals surface area contributed by atoms with Crippen LogP contribution < -0.4 is 4.74 Å². The molecule has 1 heterocycles. The number of carbonyl (C=O) groups is 1. The summed E-state index contributed by atoms with van der Waals surface area (Å²) < 4.78 is 7.13. The van der Waals surface area contributed by atoms with E-state index in [4.69, 9.17) is 4.74 Å². The second kappa shape index (κ2) is 5.17. The summed E-state index contributed by atoms with van der Waals surface area (Å²) in [7, 11) is 0. The van der Waals surface area contributed by atoms with Crippen LogP contribution in [0.15, 0.2) is 54.7 Å². The molecule has 0 aliphatic carbocycles. The third-order valence-electron chi connectivity index (χ3n) is 3.09. The van der Waals surface area contributed by atoms with Gasteiger partial charge in [-0.25, -0.2) is 4.68 Å². The third-order valence-corrected chi connectivity index (χ3v) is 3.09. The lowest BCUT2D eigenvalue weighted by Crippen LogP contribution is -2.06. The molecular formula is C16H14N2O2. The fourth-order valence-electron chi connectivity index (χ4n) is 2.08. The first-order chi connectivity index (χ1) is 9.74. The van der Waals surface area contributed by atoms with Crippen molar-refractivity contribution in [1.82, 2.24) is 9.78 Å². The fourth-order valence-corrected chi connectivity index (χ4v) is 2.08. The van der Waals surface area contributed by atoms with E-state index in [2.05, 4.69) is 5.10 Å². The summed E-state index contributed by atoms with van der Waals surface area (Å²) >= 11 is 0. The number of rotatable bonds is 3. The smallest absolute Gasteiger partial charge is 0.244 e. The predicted molar refractivity (Wildman–Crippen MR) is 76.8 cm³/mol. The van der Waals surface area contributed by atoms with Crippen LogP contribution in [0.1, 0.15) is 17.3 Å². The minimum Gasteiger partial charge on any atom is -0.489 e. The average Bonchev–Trinajstić information content (AvgIpc) is 2.89. The number of carbonyl (C=O) groups excluding carboxylic acids is 1. The van der Waals surface area contributed by atoms with Crippen LogP contribution in [-0.4, -0.2) is 15.7 Å². The van der Waals surface area contributed by atoms with E-state index in [1.54, 1.807) is 6.20 Å². The number of ether oxygens (including phenoxy) is 1. The van der Waals surface area contributed by atoms with Crippen LogP contribution in [0.3, 0.4) is 0 Å². The number of hydrogen-bond donors (Lipinski definition) is 0. The molecule has 0 aliphatic heterocycles. The SMILES string of the molecule is CC(=O)n1ncc2ccc(OCc3ccccc3)cc21. The molecule has 20 heavy (non-hydrogen) atoms. The lowest BCUT2D eigenvalue weighted by Gasteiger charge is -2.06. The molecule has 0 bridgehead atoms. The van der Waals surface area contributed by atoms with E-state index in [9.17, 15) is 4.79 Å². The first-order valence-corrected chi connectivity index (χ1v) is 6.39. The fraction of sp³-hybridized carbons (Fsp3) is 0.125. The minimum absolute atomic E-state index is 0.111. The highest BCUT2D eigenvalue weighted by molar-refractivity contribution is 5.90. The van der Waals surface area contributed by atoms with Gasteiger partial charge < -0.3 is 4.74 Å². The number of aromatic nitrogens is 2. The second-order valence-corrected chi connectivity index (χ2v) is 4.57. The van der Waals surface area contributed by atoms with Crippen LogP contribution in [0, 0.1) is 0 Å². The Bertz CT molecular complexity index is 748. The van der Waals surface area contributed by atoms with Crippen molar-refractivity contribution in [2.45, 2.75) is 13.5 Å². The van der Waals surface area contributed by atoms with Gasteiger partial charge in [0.2, 0.25) is 5.91 Å². The third kappa shape index (κ3) is 2.40. The van der Waals surface area contributed by atoms with Crippen molar-refractivity contribution in [2.24, 2.45) is 0 Å². The van der Waals surface area contributed by atoms with Gasteiger partial charge in [0, 0.05) is 18.4 Å². The summed E-state index contributed by atoms with van der Waals surface area (Å²) in [6.07, 6.45) is 1.68. The van der Waals surface area contributed by atoms with Gasteiger partial charge in [-0.3, -0.25) is 4.79 Å². The number of fused-ring (bicyclic) bond motifs is 1. The van der Waals surface area contributed by atoms with Crippen molar-refractivity contribution < 1.29 is 9.53 Å². The van der Waals surface area contributed by atoms with E-state index in [1.165, 1.54) is 11.6 Å². The average molecular weight is 266 g/mol. The summed E-state index contributed by atoms with van der Waals surface area (Å²) in [5, 5.41) is 4.99. The monoisotopic (exact) mass is 266 g/mol. The highest BCUT2D eigenvalue weighted by Gasteiger charge is 2.07. The molecule has 4 heteroatoms. The van der Waals surface area contributed by atoms with Crippen molar-refractivity contribution in [2.75, 3.05) is 0 Å². The Kier molecular flexibility index (Phi) is 3.21. The van der Waals surface area contributed by atoms with Crippen molar-refractivity contribution in [3.8, 4) is 5.75 Å². The highest BCUT2D eigenvalue weighted by atomic mass is 16.5. The molecule has 100 valence electrons. The molecule has 0 atom stereocenters. The standard InChI is InChI=1S/C16H14N2O2/c1-12(19)18-16-9-15(8-7-14(16)10-17-18)20-11-13-5-3-2-4-6-13/h2-10H,11H2,1H3. The largest absolute Gasteiger partial charge is 0.489 e. The molecule has 0 spiro atoms. The molecule has 1 aromatic heterocycles. The van der Waals surface area contributed by atoms with Crippen LogP contribution in [0.4, 0.5) is 0 Å². The Morgan fingerprint density at radius 1 is 1.20 bits per heavy atom. The predicted octanol–water partition coefficient (Wildman–Crippen LogP) is 3.28. The van der Waals surface area contributed by atoms with Crippen LogP contribution in [0.25, 0.3) is 10.9 Å². The van der Waals surface area contributed by atoms with Crippen LogP contribution in [0.5, 0.6) is 5.75 Å². The Morgan fingerprint density at radius 2 is 2.00 bits per heavy atom. The Labute approximate surface area is 116 Å². The van der Waals surface area contributed by atoms with Gasteiger partial charge in [0.05, 0.1) is 11.7 Å². The zero-order valence-electron chi connectivity index (χ0n) is 11.1. The van der Waals surface area contributed by atoms with Gasteiger partial charge in [-0.05, 0) is 17.7 Å². The molecule has 0 amide bonds. The van der Waals surface area contributed by atoms with E-state index < -0.39 is 0 Å². The van der Waals surface area contributed by atoms with Crippen LogP contribution >= 0.6 is 0 Å². The number of hydrogen-bond acceptors (Lipinski definition) is 3. The van der Waals surface area contributed by atoms with E-state index in [0.717, 1.165) is 22.2 Å². The zero-order chi connectivity index (χ0) is 13.9. The topological polar surface area (TPSA) is 44.1 Å². The molecule has 4 nitrogen and oxygen atoms in total. The van der Waals surface area contributed by atoms with Crippen molar-refractivity contribution in [1.29, 1.82) is 0 Å². The molecule has 0 N–H and O–H groups in total. The molecular weight excluding hydrogens is 252 g/mol. The van der Waals surface area contributed by atoms with Gasteiger partial charge in [0.15, 0.2) is 0 Å². The Hall–Kier alpha value is -2.62. The van der Waals surface area contributed by atoms with Gasteiger partial charge >= 0.3 is 0 Å². The quantitative estimate of drug-likeness (QED) is 0.730. The highest BCUT2D eigenvalue weighted by Crippen LogP contribution is 2.21. The molecule has 3 rings (SSSR count). The van der Waals surface area contributed by atoms with Crippen molar-refractivity contribution in [3.63, 3.8) is 0 Å². The summed E-state index contributed by atoms with van der Waals surface area (Å²) in [6, 6.07) is 15.6. The van der Waals surface area contributed by atoms with Crippen molar-refractivity contribution in [3.05, 3.63) is 60.3 Å². The van der Waals surface area contributed by atoms with Crippen molar-refractivity contribution >= 4 is 16.8 Å². The summed E-state index contributed by atoms with van der Waals surface area (Å²) in [6.45, 7) is 1.99. The second-order valence-electron chi connectivity index (χ2n) is 4.57. The maximum Gasteiger partial charge on any atom is 0.244 e. The Morgan fingerprint density at radius 3 is 2.75 bits per heavy atom. The summed E-state index contributed by atoms with van der Waals surface area (Å²) in [5.41, 5.74) is 1.87. The molecule has 0 fully saturated rings. The summed E-state index contributed by atoms with van der Waals surface area (Å²) in [5.74, 6) is 0.615. The van der Waals surface area contributed by atoms with Gasteiger partial charge in [-0.2, -0.15) is 5.10 Å². The summed E-state index contributed by atoms with van der Waals surface area (Å²) in [4.78, 5) is 11.5. The van der Waals surface area contributed by atoms with Crippen LogP contribution in [-0.2, 0) is 6.61 Å². The molecule has 0 unspecified atom stereocenters. The van der Waals surface area contributed by atoms with E-state index in [0.29, 0.717) is 6.61 Å². The first-order valence-electron chi connectivity index (χ1n) is 6.39. The lowest BCUT2D eigenvalue weighted by molar-refractivity contribution is 0.0927. The molecule has 0 radical (unpaired) electrons. The number of nitrogens with zero attached hydrogens (tertiary/aromatic N) is 2. The van der Waals surface area contributed by atoms with Gasteiger partial charge in [-0.15, -0.1) is 0 Å². The van der Waals surface area contributed by atoms with E-state index in [-0.39, 0.29) is 5.91 Å². The van der Waals surface area contributed by atoms with Crippen LogP contribution in [0.2, 0.25) is 0 Å². The first kappa shape index (κ1) is 12.4. The normalized spacial score (nSPS) is 10.7. The number of benzene rings is 2. The molecule has 0 aliphatic rings. The van der Waals surface area contributed by atoms with Gasteiger partial charge in [-0.1, -0.05) is 30.3 Å². The molecule has 0 saturated carbocycles. The maximum absolute atomic E-state index is 11.5.